The zero-order chi connectivity index (χ0) is 11.8. The van der Waals surface area contributed by atoms with E-state index in [-0.39, 0.29) is 5.97 Å². The highest BCUT2D eigenvalue weighted by atomic mass is 16.5. The monoisotopic (exact) mass is 227 g/mol. The summed E-state index contributed by atoms with van der Waals surface area (Å²) in [7, 11) is 0. The molecule has 1 rings (SSSR count). The number of hydrogen-bond donors (Lipinski definition) is 1. The van der Waals surface area contributed by atoms with Crippen LogP contribution in [-0.2, 0) is 14.3 Å². The van der Waals surface area contributed by atoms with Crippen LogP contribution in [0.1, 0.15) is 26.7 Å². The fourth-order valence-corrected chi connectivity index (χ4v) is 1.73. The maximum Gasteiger partial charge on any atom is 0.330 e. The molecule has 0 radical (unpaired) electrons. The maximum atomic E-state index is 11.0. The summed E-state index contributed by atoms with van der Waals surface area (Å²) in [4.78, 5) is 11.0. The first kappa shape index (κ1) is 13.2. The zero-order valence-corrected chi connectivity index (χ0v) is 10.1. The molecule has 0 bridgehead atoms. The molecule has 0 aromatic rings. The molecule has 0 spiro atoms. The second kappa shape index (κ2) is 7.41. The van der Waals surface area contributed by atoms with E-state index < -0.39 is 0 Å². The third-order valence-electron chi connectivity index (χ3n) is 2.62. The number of nitrogens with one attached hydrogen (secondary N) is 1. The van der Waals surface area contributed by atoms with Gasteiger partial charge in [-0.05, 0) is 26.7 Å². The van der Waals surface area contributed by atoms with Gasteiger partial charge in [-0.1, -0.05) is 6.08 Å². The molecule has 1 aliphatic heterocycles. The van der Waals surface area contributed by atoms with Crippen molar-refractivity contribution >= 4 is 5.97 Å². The van der Waals surface area contributed by atoms with Crippen LogP contribution in [0.5, 0.6) is 0 Å². The van der Waals surface area contributed by atoms with E-state index in [1.165, 1.54) is 6.08 Å². The van der Waals surface area contributed by atoms with Crippen LogP contribution in [0.15, 0.2) is 12.2 Å². The Morgan fingerprint density at radius 2 is 2.50 bits per heavy atom. The average Bonchev–Trinajstić information content (AvgIpc) is 2.78. The summed E-state index contributed by atoms with van der Waals surface area (Å²) in [6.07, 6.45) is 5.82. The topological polar surface area (TPSA) is 47.6 Å². The van der Waals surface area contributed by atoms with Gasteiger partial charge in [-0.3, -0.25) is 0 Å². The lowest BCUT2D eigenvalue weighted by atomic mass is 10.1. The van der Waals surface area contributed by atoms with Crippen LogP contribution >= 0.6 is 0 Å². The van der Waals surface area contributed by atoms with Crippen LogP contribution in [-0.4, -0.2) is 37.9 Å². The molecule has 1 saturated heterocycles. The van der Waals surface area contributed by atoms with Gasteiger partial charge < -0.3 is 14.8 Å². The van der Waals surface area contributed by atoms with Crippen molar-refractivity contribution in [2.24, 2.45) is 0 Å². The Hall–Kier alpha value is -0.870. The number of esters is 1. The van der Waals surface area contributed by atoms with Crippen molar-refractivity contribution in [3.63, 3.8) is 0 Å². The van der Waals surface area contributed by atoms with Gasteiger partial charge in [0.1, 0.15) is 0 Å². The van der Waals surface area contributed by atoms with Crippen LogP contribution in [0, 0.1) is 0 Å². The van der Waals surface area contributed by atoms with Gasteiger partial charge >= 0.3 is 5.97 Å². The lowest BCUT2D eigenvalue weighted by Crippen LogP contribution is -2.36. The van der Waals surface area contributed by atoms with E-state index in [2.05, 4.69) is 12.2 Å². The molecule has 1 aliphatic rings. The third kappa shape index (κ3) is 4.77. The molecule has 1 N–H and O–H groups in total. The van der Waals surface area contributed by atoms with Crippen molar-refractivity contribution in [2.45, 2.75) is 38.8 Å². The number of carbonyl (C=O) groups is 1. The van der Waals surface area contributed by atoms with E-state index >= 15 is 0 Å². The minimum atomic E-state index is -0.283. The molecule has 2 atom stereocenters. The lowest BCUT2D eigenvalue weighted by molar-refractivity contribution is -0.137. The molecule has 0 aromatic carbocycles. The van der Waals surface area contributed by atoms with E-state index in [0.717, 1.165) is 19.4 Å². The second-order valence-corrected chi connectivity index (χ2v) is 3.90. The van der Waals surface area contributed by atoms with Crippen LogP contribution < -0.4 is 5.32 Å². The minimum absolute atomic E-state index is 0.283. The van der Waals surface area contributed by atoms with E-state index in [9.17, 15) is 4.79 Å². The number of ether oxygens (including phenoxy) is 2. The molecule has 0 aromatic heterocycles. The molecule has 1 heterocycles. The minimum Gasteiger partial charge on any atom is -0.463 e. The normalized spacial score (nSPS) is 22.5. The van der Waals surface area contributed by atoms with Gasteiger partial charge in [0, 0.05) is 25.3 Å². The molecule has 1 fully saturated rings. The summed E-state index contributed by atoms with van der Waals surface area (Å²) in [5.74, 6) is -0.283. The Kier molecular flexibility index (Phi) is 6.11. The van der Waals surface area contributed by atoms with Crippen LogP contribution in [0.3, 0.4) is 0 Å². The first-order valence-corrected chi connectivity index (χ1v) is 5.92. The van der Waals surface area contributed by atoms with E-state index in [1.807, 2.05) is 0 Å². The quantitative estimate of drug-likeness (QED) is 0.548. The van der Waals surface area contributed by atoms with Gasteiger partial charge in [-0.2, -0.15) is 0 Å². The molecular weight excluding hydrogens is 206 g/mol. The largest absolute Gasteiger partial charge is 0.463 e. The SMILES string of the molecule is CCOC(=O)/C=C/CNC(C)C1CCCO1. The summed E-state index contributed by atoms with van der Waals surface area (Å²) >= 11 is 0. The van der Waals surface area contributed by atoms with Crippen LogP contribution in [0.4, 0.5) is 0 Å². The highest BCUT2D eigenvalue weighted by molar-refractivity contribution is 5.81. The average molecular weight is 227 g/mol. The molecule has 92 valence electrons. The van der Waals surface area contributed by atoms with Crippen molar-refractivity contribution in [3.05, 3.63) is 12.2 Å². The highest BCUT2D eigenvalue weighted by Crippen LogP contribution is 2.14. The fraction of sp³-hybridized carbons (Fsp3) is 0.750. The van der Waals surface area contributed by atoms with Crippen molar-refractivity contribution in [2.75, 3.05) is 19.8 Å². The maximum absolute atomic E-state index is 11.0. The molecule has 0 saturated carbocycles. The number of hydrogen-bond acceptors (Lipinski definition) is 4. The van der Waals surface area contributed by atoms with Gasteiger partial charge in [0.2, 0.25) is 0 Å². The predicted molar refractivity (Wildman–Crippen MR) is 62.2 cm³/mol. The Morgan fingerprint density at radius 3 is 3.12 bits per heavy atom. The van der Waals surface area contributed by atoms with Crippen molar-refractivity contribution in [3.8, 4) is 0 Å². The van der Waals surface area contributed by atoms with Crippen LogP contribution in [0.2, 0.25) is 0 Å². The summed E-state index contributed by atoms with van der Waals surface area (Å²) in [6, 6.07) is 0.328. The Balaban J connectivity index is 2.11. The third-order valence-corrected chi connectivity index (χ3v) is 2.62. The molecular formula is C12H21NO3. The van der Waals surface area contributed by atoms with E-state index in [1.54, 1.807) is 13.0 Å². The van der Waals surface area contributed by atoms with Gasteiger partial charge in [0.15, 0.2) is 0 Å². The van der Waals surface area contributed by atoms with Gasteiger partial charge in [0.05, 0.1) is 12.7 Å². The van der Waals surface area contributed by atoms with E-state index in [0.29, 0.717) is 25.3 Å². The van der Waals surface area contributed by atoms with Crippen LogP contribution in [0.25, 0.3) is 0 Å². The van der Waals surface area contributed by atoms with Crippen molar-refractivity contribution in [1.29, 1.82) is 0 Å². The fourth-order valence-electron chi connectivity index (χ4n) is 1.73. The summed E-state index contributed by atoms with van der Waals surface area (Å²) in [5, 5.41) is 3.30. The number of rotatable bonds is 6. The summed E-state index contributed by atoms with van der Waals surface area (Å²) in [5.41, 5.74) is 0. The molecule has 0 aliphatic carbocycles. The first-order chi connectivity index (χ1) is 7.74. The van der Waals surface area contributed by atoms with E-state index in [4.69, 9.17) is 9.47 Å². The molecule has 0 amide bonds. The first-order valence-electron chi connectivity index (χ1n) is 5.92. The van der Waals surface area contributed by atoms with Gasteiger partial charge in [0.25, 0.3) is 0 Å². The Bertz CT molecular complexity index is 234. The number of carbonyl (C=O) groups excluding carboxylic acids is 1. The second-order valence-electron chi connectivity index (χ2n) is 3.90. The molecule has 2 unspecified atom stereocenters. The lowest BCUT2D eigenvalue weighted by Gasteiger charge is -2.18. The van der Waals surface area contributed by atoms with Gasteiger partial charge in [-0.15, -0.1) is 0 Å². The van der Waals surface area contributed by atoms with Crippen molar-refractivity contribution < 1.29 is 14.3 Å². The standard InChI is InChI=1S/C12H21NO3/c1-3-15-12(14)7-4-8-13-10(2)11-6-5-9-16-11/h4,7,10-11,13H,3,5-6,8-9H2,1-2H3/b7-4+. The summed E-state index contributed by atoms with van der Waals surface area (Å²) < 4.78 is 10.3. The summed E-state index contributed by atoms with van der Waals surface area (Å²) in [6.45, 7) is 5.86. The predicted octanol–water partition coefficient (Wildman–Crippen LogP) is 1.26. The van der Waals surface area contributed by atoms with Crippen molar-refractivity contribution in [1.82, 2.24) is 5.32 Å². The molecule has 4 nitrogen and oxygen atoms in total. The molecule has 4 heteroatoms. The van der Waals surface area contributed by atoms with Gasteiger partial charge in [-0.25, -0.2) is 4.79 Å². The Labute approximate surface area is 97.0 Å². The molecule has 16 heavy (non-hydrogen) atoms. The Morgan fingerprint density at radius 1 is 1.69 bits per heavy atom. The smallest absolute Gasteiger partial charge is 0.330 e. The highest BCUT2D eigenvalue weighted by Gasteiger charge is 2.21. The zero-order valence-electron chi connectivity index (χ0n) is 10.1.